The minimum Gasteiger partial charge on any atom is -0.478 e. The van der Waals surface area contributed by atoms with Crippen LogP contribution in [0.2, 0.25) is 0 Å². The number of rotatable bonds is 2. The van der Waals surface area contributed by atoms with E-state index in [4.69, 9.17) is 5.11 Å². The van der Waals surface area contributed by atoms with Gasteiger partial charge in [0.05, 0.1) is 5.56 Å². The van der Waals surface area contributed by atoms with Gasteiger partial charge in [-0.1, -0.05) is 19.9 Å². The Kier molecular flexibility index (Phi) is 3.53. The molecule has 0 heterocycles. The van der Waals surface area contributed by atoms with Crippen LogP contribution in [-0.2, 0) is 0 Å². The molecule has 0 amide bonds. The van der Waals surface area contributed by atoms with Crippen LogP contribution in [0.4, 0.5) is 0 Å². The van der Waals surface area contributed by atoms with Crippen molar-refractivity contribution in [2.75, 3.05) is 0 Å². The van der Waals surface area contributed by atoms with Gasteiger partial charge < -0.3 is 5.11 Å². The molecule has 0 saturated carbocycles. The van der Waals surface area contributed by atoms with Crippen molar-refractivity contribution in [2.45, 2.75) is 26.7 Å². The fraction of sp³-hybridized carbons (Fsp3) is 0.364. The number of carboxylic acid groups (broad SMARTS) is 1. The van der Waals surface area contributed by atoms with Crippen molar-refractivity contribution in [3.63, 3.8) is 0 Å². The Hall–Kier alpha value is -0.580. The monoisotopic (exact) mass is 304 g/mol. The van der Waals surface area contributed by atoms with E-state index in [0.717, 1.165) is 14.7 Å². The quantitative estimate of drug-likeness (QED) is 0.850. The van der Waals surface area contributed by atoms with Gasteiger partial charge in [-0.3, -0.25) is 0 Å². The van der Waals surface area contributed by atoms with E-state index in [1.807, 2.05) is 26.8 Å². The Morgan fingerprint density at radius 2 is 2.00 bits per heavy atom. The van der Waals surface area contributed by atoms with Gasteiger partial charge in [0.2, 0.25) is 0 Å². The Balaban J connectivity index is 3.39. The predicted molar refractivity (Wildman–Crippen MR) is 64.9 cm³/mol. The van der Waals surface area contributed by atoms with Crippen molar-refractivity contribution >= 4 is 28.6 Å². The van der Waals surface area contributed by atoms with Gasteiger partial charge in [0.1, 0.15) is 0 Å². The standard InChI is InChI=1S/C11H13IO2/c1-6(2)8-4-7(3)10(12)5-9(8)11(13)14/h4-6H,1-3H3,(H,13,14). The van der Waals surface area contributed by atoms with Gasteiger partial charge in [-0.25, -0.2) is 4.79 Å². The van der Waals surface area contributed by atoms with E-state index in [1.165, 1.54) is 0 Å². The first-order valence-electron chi connectivity index (χ1n) is 4.46. The summed E-state index contributed by atoms with van der Waals surface area (Å²) in [5.74, 6) is -0.594. The molecule has 0 bridgehead atoms. The van der Waals surface area contributed by atoms with Gasteiger partial charge in [0.25, 0.3) is 0 Å². The summed E-state index contributed by atoms with van der Waals surface area (Å²) in [4.78, 5) is 11.0. The van der Waals surface area contributed by atoms with Gasteiger partial charge in [-0.15, -0.1) is 0 Å². The van der Waals surface area contributed by atoms with Crippen molar-refractivity contribution < 1.29 is 9.90 Å². The third kappa shape index (κ3) is 2.26. The lowest BCUT2D eigenvalue weighted by molar-refractivity contribution is 0.0695. The molecule has 0 fully saturated rings. The summed E-state index contributed by atoms with van der Waals surface area (Å²) in [6.07, 6.45) is 0. The molecule has 0 atom stereocenters. The van der Waals surface area contributed by atoms with Gasteiger partial charge >= 0.3 is 5.97 Å². The molecule has 76 valence electrons. The minimum absolute atomic E-state index is 0.247. The molecule has 0 aliphatic carbocycles. The average Bonchev–Trinajstić information content (AvgIpc) is 2.08. The molecular weight excluding hydrogens is 291 g/mol. The Labute approximate surface area is 97.5 Å². The van der Waals surface area contributed by atoms with Crippen LogP contribution < -0.4 is 0 Å². The second kappa shape index (κ2) is 4.29. The number of aryl methyl sites for hydroxylation is 1. The molecule has 0 aliphatic heterocycles. The highest BCUT2D eigenvalue weighted by Crippen LogP contribution is 2.24. The molecule has 1 aromatic carbocycles. The number of hydrogen-bond donors (Lipinski definition) is 1. The summed E-state index contributed by atoms with van der Waals surface area (Å²) in [6, 6.07) is 3.71. The Morgan fingerprint density at radius 1 is 1.43 bits per heavy atom. The molecule has 1 aromatic rings. The number of hydrogen-bond acceptors (Lipinski definition) is 1. The summed E-state index contributed by atoms with van der Waals surface area (Å²) >= 11 is 2.16. The molecule has 1 rings (SSSR count). The molecule has 3 heteroatoms. The zero-order valence-corrected chi connectivity index (χ0v) is 10.6. The lowest BCUT2D eigenvalue weighted by Crippen LogP contribution is -2.05. The number of halogens is 1. The zero-order valence-electron chi connectivity index (χ0n) is 8.47. The zero-order chi connectivity index (χ0) is 10.9. The summed E-state index contributed by atoms with van der Waals surface area (Å²) in [5.41, 5.74) is 2.48. The maximum atomic E-state index is 11.0. The molecule has 0 saturated heterocycles. The van der Waals surface area contributed by atoms with Gasteiger partial charge in [-0.05, 0) is 52.6 Å². The molecular formula is C11H13IO2. The lowest BCUT2D eigenvalue weighted by Gasteiger charge is -2.11. The highest BCUT2D eigenvalue weighted by Gasteiger charge is 2.14. The molecule has 0 unspecified atom stereocenters. The predicted octanol–water partition coefficient (Wildman–Crippen LogP) is 3.42. The van der Waals surface area contributed by atoms with Crippen LogP contribution in [0.15, 0.2) is 12.1 Å². The van der Waals surface area contributed by atoms with Gasteiger partial charge in [-0.2, -0.15) is 0 Å². The second-order valence-corrected chi connectivity index (χ2v) is 4.81. The van der Waals surface area contributed by atoms with Crippen LogP contribution in [0.1, 0.15) is 41.3 Å². The first-order valence-corrected chi connectivity index (χ1v) is 5.54. The van der Waals surface area contributed by atoms with Crippen molar-refractivity contribution in [2.24, 2.45) is 0 Å². The maximum absolute atomic E-state index is 11.0. The van der Waals surface area contributed by atoms with Crippen LogP contribution in [0.5, 0.6) is 0 Å². The number of carboxylic acids is 1. The number of benzene rings is 1. The van der Waals surface area contributed by atoms with E-state index in [2.05, 4.69) is 22.6 Å². The Morgan fingerprint density at radius 3 is 2.43 bits per heavy atom. The Bertz CT molecular complexity index is 370. The van der Waals surface area contributed by atoms with Crippen LogP contribution in [0.3, 0.4) is 0 Å². The third-order valence-corrected chi connectivity index (χ3v) is 3.35. The first kappa shape index (κ1) is 11.5. The normalized spacial score (nSPS) is 10.6. The number of aromatic carboxylic acids is 1. The molecule has 14 heavy (non-hydrogen) atoms. The third-order valence-electron chi connectivity index (χ3n) is 2.18. The van der Waals surface area contributed by atoms with Crippen LogP contribution in [0.25, 0.3) is 0 Å². The molecule has 0 aliphatic rings. The minimum atomic E-state index is -0.841. The van der Waals surface area contributed by atoms with E-state index in [9.17, 15) is 4.79 Å². The fourth-order valence-electron chi connectivity index (χ4n) is 1.37. The van der Waals surface area contributed by atoms with Crippen LogP contribution in [0, 0.1) is 10.5 Å². The smallest absolute Gasteiger partial charge is 0.336 e. The van der Waals surface area contributed by atoms with Gasteiger partial charge in [0, 0.05) is 3.57 Å². The maximum Gasteiger partial charge on any atom is 0.336 e. The van der Waals surface area contributed by atoms with E-state index in [-0.39, 0.29) is 5.92 Å². The van der Waals surface area contributed by atoms with Crippen molar-refractivity contribution in [1.82, 2.24) is 0 Å². The van der Waals surface area contributed by atoms with Crippen LogP contribution in [-0.4, -0.2) is 11.1 Å². The summed E-state index contributed by atoms with van der Waals surface area (Å²) in [7, 11) is 0. The van der Waals surface area contributed by atoms with E-state index in [0.29, 0.717) is 5.56 Å². The average molecular weight is 304 g/mol. The number of carbonyl (C=O) groups is 1. The lowest BCUT2D eigenvalue weighted by atomic mass is 9.95. The van der Waals surface area contributed by atoms with Crippen LogP contribution >= 0.6 is 22.6 Å². The SMILES string of the molecule is Cc1cc(C(C)C)c(C(=O)O)cc1I. The largest absolute Gasteiger partial charge is 0.478 e. The van der Waals surface area contributed by atoms with Crippen molar-refractivity contribution in [3.05, 3.63) is 32.4 Å². The van der Waals surface area contributed by atoms with E-state index >= 15 is 0 Å². The molecule has 1 N–H and O–H groups in total. The molecule has 2 nitrogen and oxygen atoms in total. The summed E-state index contributed by atoms with van der Waals surface area (Å²) in [6.45, 7) is 6.02. The molecule has 0 spiro atoms. The van der Waals surface area contributed by atoms with E-state index in [1.54, 1.807) is 6.07 Å². The van der Waals surface area contributed by atoms with Crippen molar-refractivity contribution in [1.29, 1.82) is 0 Å². The molecule has 0 radical (unpaired) electrons. The van der Waals surface area contributed by atoms with Crippen molar-refractivity contribution in [3.8, 4) is 0 Å². The second-order valence-electron chi connectivity index (χ2n) is 3.65. The highest BCUT2D eigenvalue weighted by molar-refractivity contribution is 14.1. The summed E-state index contributed by atoms with van der Waals surface area (Å²) < 4.78 is 1.00. The van der Waals surface area contributed by atoms with E-state index < -0.39 is 5.97 Å². The summed E-state index contributed by atoms with van der Waals surface area (Å²) in [5, 5.41) is 9.03. The first-order chi connectivity index (χ1) is 6.43. The topological polar surface area (TPSA) is 37.3 Å². The molecule has 0 aromatic heterocycles. The highest BCUT2D eigenvalue weighted by atomic mass is 127. The fourth-order valence-corrected chi connectivity index (χ4v) is 1.83. The van der Waals surface area contributed by atoms with Gasteiger partial charge in [0.15, 0.2) is 0 Å².